The van der Waals surface area contributed by atoms with Gasteiger partial charge in [-0.1, -0.05) is 90.2 Å². The largest absolute Gasteiger partial charge is 0.300 e. The highest BCUT2D eigenvalue weighted by Gasteiger charge is 2.23. The first-order chi connectivity index (χ1) is 10.0. The number of hydrogen-bond acceptors (Lipinski definition) is 1. The lowest BCUT2D eigenvalue weighted by atomic mass is 10.0. The molecule has 0 radical (unpaired) electrons. The fraction of sp³-hybridized carbons (Fsp3) is 0.316. The molecule has 0 saturated carbocycles. The monoisotopic (exact) mass is 297 g/mol. The van der Waals surface area contributed by atoms with Crippen LogP contribution in [0.2, 0.25) is 0 Å². The quantitative estimate of drug-likeness (QED) is 0.591. The molecular formula is C19H24NP. The highest BCUT2D eigenvalue weighted by atomic mass is 31.1. The zero-order chi connectivity index (χ0) is 15.4. The van der Waals surface area contributed by atoms with Crippen molar-refractivity contribution in [2.24, 2.45) is 0 Å². The Morgan fingerprint density at radius 2 is 1.33 bits per heavy atom. The summed E-state index contributed by atoms with van der Waals surface area (Å²) in [6.07, 6.45) is 0. The van der Waals surface area contributed by atoms with E-state index in [9.17, 15) is 0 Å². The zero-order valence-corrected chi connectivity index (χ0v) is 14.2. The topological polar surface area (TPSA) is 23.9 Å². The van der Waals surface area contributed by atoms with Gasteiger partial charge in [0.2, 0.25) is 0 Å². The molecule has 0 unspecified atom stereocenters. The van der Waals surface area contributed by atoms with Gasteiger partial charge in [0.25, 0.3) is 0 Å². The highest BCUT2D eigenvalue weighted by molar-refractivity contribution is 7.67. The van der Waals surface area contributed by atoms with Gasteiger partial charge < -0.3 is 0 Å². The van der Waals surface area contributed by atoms with Gasteiger partial charge in [0.05, 0.1) is 5.71 Å². The van der Waals surface area contributed by atoms with Crippen LogP contribution in [0.25, 0.3) is 0 Å². The molecule has 0 aliphatic rings. The van der Waals surface area contributed by atoms with Gasteiger partial charge in [0, 0.05) is 11.1 Å². The summed E-state index contributed by atoms with van der Waals surface area (Å²) in [6.45, 7) is 9.20. The number of nitrogens with one attached hydrogen (secondary N) is 1. The summed E-state index contributed by atoms with van der Waals surface area (Å²) in [5, 5.41) is 9.96. The summed E-state index contributed by atoms with van der Waals surface area (Å²) in [7, 11) is -0.258. The minimum atomic E-state index is -0.258. The Labute approximate surface area is 129 Å². The summed E-state index contributed by atoms with van der Waals surface area (Å²) in [5.41, 5.74) is 3.99. The molecule has 0 atom stereocenters. The molecule has 2 aromatic rings. The molecule has 0 spiro atoms. The lowest BCUT2D eigenvalue weighted by molar-refractivity contribution is 1.02. The van der Waals surface area contributed by atoms with Crippen LogP contribution in [-0.4, -0.2) is 17.0 Å². The predicted octanol–water partition coefficient (Wildman–Crippen LogP) is 5.03. The Kier molecular flexibility index (Phi) is 5.31. The maximum atomic E-state index is 8.60. The van der Waals surface area contributed by atoms with Crippen LogP contribution in [0, 0.1) is 5.41 Å². The van der Waals surface area contributed by atoms with Crippen molar-refractivity contribution in [3.8, 4) is 0 Å². The molecule has 0 saturated heterocycles. The smallest absolute Gasteiger partial charge is 0.0690 e. The Morgan fingerprint density at radius 3 is 1.90 bits per heavy atom. The van der Waals surface area contributed by atoms with Gasteiger partial charge in [0.1, 0.15) is 0 Å². The standard InChI is InChI=1S/C19H24NP/c1-14(2)21(15(3)4)18-13-9-8-12-17(18)19(20)16-10-6-5-7-11-16/h5-15,20H,1-4H3. The average Bonchev–Trinajstić information content (AvgIpc) is 2.47. The molecule has 0 aromatic heterocycles. The van der Waals surface area contributed by atoms with E-state index in [1.54, 1.807) is 0 Å². The third kappa shape index (κ3) is 3.60. The number of rotatable bonds is 5. The van der Waals surface area contributed by atoms with Gasteiger partial charge in [-0.15, -0.1) is 0 Å². The highest BCUT2D eigenvalue weighted by Crippen LogP contribution is 2.45. The van der Waals surface area contributed by atoms with Gasteiger partial charge in [-0.3, -0.25) is 5.41 Å². The second-order valence-electron chi connectivity index (χ2n) is 5.85. The van der Waals surface area contributed by atoms with Gasteiger partial charge in [-0.25, -0.2) is 0 Å². The Morgan fingerprint density at radius 1 is 0.810 bits per heavy atom. The van der Waals surface area contributed by atoms with Gasteiger partial charge in [-0.05, 0) is 16.6 Å². The lowest BCUT2D eigenvalue weighted by Gasteiger charge is -2.28. The normalized spacial score (nSPS) is 11.4. The second-order valence-corrected chi connectivity index (χ2v) is 9.21. The van der Waals surface area contributed by atoms with Crippen molar-refractivity contribution in [3.05, 3.63) is 65.7 Å². The van der Waals surface area contributed by atoms with Crippen LogP contribution in [0.15, 0.2) is 54.6 Å². The first-order valence-corrected chi connectivity index (χ1v) is 9.02. The van der Waals surface area contributed by atoms with Crippen molar-refractivity contribution in [3.63, 3.8) is 0 Å². The van der Waals surface area contributed by atoms with E-state index in [4.69, 9.17) is 5.41 Å². The van der Waals surface area contributed by atoms with E-state index in [-0.39, 0.29) is 7.92 Å². The minimum absolute atomic E-state index is 0.258. The molecule has 0 aliphatic carbocycles. The van der Waals surface area contributed by atoms with Crippen molar-refractivity contribution < 1.29 is 0 Å². The summed E-state index contributed by atoms with van der Waals surface area (Å²) in [4.78, 5) is 0. The molecule has 110 valence electrons. The molecule has 2 rings (SSSR count). The summed E-state index contributed by atoms with van der Waals surface area (Å²) in [5.74, 6) is 0. The molecule has 2 heteroatoms. The minimum Gasteiger partial charge on any atom is -0.300 e. The van der Waals surface area contributed by atoms with Gasteiger partial charge >= 0.3 is 0 Å². The third-order valence-corrected chi connectivity index (χ3v) is 6.80. The SMILES string of the molecule is CC(C)P(c1ccccc1C(=N)c1ccccc1)C(C)C. The molecule has 2 aromatic carbocycles. The molecular weight excluding hydrogens is 273 g/mol. The third-order valence-electron chi connectivity index (χ3n) is 3.63. The first kappa shape index (κ1) is 15.9. The van der Waals surface area contributed by atoms with Crippen LogP contribution >= 0.6 is 7.92 Å². The van der Waals surface area contributed by atoms with Crippen LogP contribution in [0.5, 0.6) is 0 Å². The van der Waals surface area contributed by atoms with E-state index in [0.29, 0.717) is 17.0 Å². The van der Waals surface area contributed by atoms with Crippen LogP contribution < -0.4 is 5.30 Å². The molecule has 1 N–H and O–H groups in total. The maximum absolute atomic E-state index is 8.60. The predicted molar refractivity (Wildman–Crippen MR) is 95.6 cm³/mol. The van der Waals surface area contributed by atoms with Crippen molar-refractivity contribution in [2.75, 3.05) is 0 Å². The summed E-state index contributed by atoms with van der Waals surface area (Å²) >= 11 is 0. The molecule has 0 amide bonds. The summed E-state index contributed by atoms with van der Waals surface area (Å²) in [6, 6.07) is 18.5. The summed E-state index contributed by atoms with van der Waals surface area (Å²) < 4.78 is 0. The molecule has 0 aliphatic heterocycles. The van der Waals surface area contributed by atoms with Gasteiger partial charge in [0.15, 0.2) is 0 Å². The molecule has 0 bridgehead atoms. The fourth-order valence-electron chi connectivity index (χ4n) is 2.82. The van der Waals surface area contributed by atoms with Gasteiger partial charge in [-0.2, -0.15) is 0 Å². The lowest BCUT2D eigenvalue weighted by Crippen LogP contribution is -2.21. The number of benzene rings is 2. The average molecular weight is 297 g/mol. The van der Waals surface area contributed by atoms with E-state index in [0.717, 1.165) is 11.1 Å². The van der Waals surface area contributed by atoms with E-state index in [1.807, 2.05) is 36.4 Å². The van der Waals surface area contributed by atoms with Crippen molar-refractivity contribution in [1.29, 1.82) is 5.41 Å². The Balaban J connectivity index is 2.48. The Bertz CT molecular complexity index is 594. The molecule has 0 heterocycles. The van der Waals surface area contributed by atoms with E-state index in [2.05, 4.69) is 45.9 Å². The first-order valence-electron chi connectivity index (χ1n) is 7.54. The van der Waals surface area contributed by atoms with Crippen LogP contribution in [0.3, 0.4) is 0 Å². The van der Waals surface area contributed by atoms with Crippen molar-refractivity contribution in [1.82, 2.24) is 0 Å². The zero-order valence-electron chi connectivity index (χ0n) is 13.3. The maximum Gasteiger partial charge on any atom is 0.0690 e. The molecule has 21 heavy (non-hydrogen) atoms. The van der Waals surface area contributed by atoms with E-state index < -0.39 is 0 Å². The van der Waals surface area contributed by atoms with E-state index in [1.165, 1.54) is 5.30 Å². The van der Waals surface area contributed by atoms with Crippen LogP contribution in [0.4, 0.5) is 0 Å². The van der Waals surface area contributed by atoms with Crippen molar-refractivity contribution in [2.45, 2.75) is 39.0 Å². The van der Waals surface area contributed by atoms with Crippen molar-refractivity contribution >= 4 is 18.9 Å². The van der Waals surface area contributed by atoms with E-state index >= 15 is 0 Å². The van der Waals surface area contributed by atoms with Crippen LogP contribution in [-0.2, 0) is 0 Å². The van der Waals surface area contributed by atoms with Crippen LogP contribution in [0.1, 0.15) is 38.8 Å². The number of hydrogen-bond donors (Lipinski definition) is 1. The molecule has 1 nitrogen and oxygen atoms in total. The fourth-order valence-corrected chi connectivity index (χ4v) is 5.85. The Hall–Kier alpha value is -1.46. The second kappa shape index (κ2) is 7.00. The molecule has 0 fully saturated rings.